The van der Waals surface area contributed by atoms with Crippen molar-refractivity contribution in [3.8, 4) is 0 Å². The van der Waals surface area contributed by atoms with E-state index in [2.05, 4.69) is 10.6 Å². The maximum atomic E-state index is 12.3. The van der Waals surface area contributed by atoms with Crippen LogP contribution in [0.1, 0.15) is 31.4 Å². The summed E-state index contributed by atoms with van der Waals surface area (Å²) in [6.07, 6.45) is 0. The minimum absolute atomic E-state index is 0.144. The highest BCUT2D eigenvalue weighted by molar-refractivity contribution is 7.12. The number of hydrogen-bond donors (Lipinski definition) is 2. The summed E-state index contributed by atoms with van der Waals surface area (Å²) in [5.74, 6) is -0.290. The summed E-state index contributed by atoms with van der Waals surface area (Å²) in [6.45, 7) is 2.49. The maximum absolute atomic E-state index is 12.3. The van der Waals surface area contributed by atoms with Gasteiger partial charge in [0, 0.05) is 29.7 Å². The first kappa shape index (κ1) is 17.0. The van der Waals surface area contributed by atoms with Crippen molar-refractivity contribution in [2.24, 2.45) is 7.05 Å². The first-order valence-corrected chi connectivity index (χ1v) is 8.77. The molecule has 0 radical (unpaired) electrons. The number of amides is 2. The van der Waals surface area contributed by atoms with E-state index in [0.29, 0.717) is 22.7 Å². The number of carbonyl (C=O) groups is 2. The molecule has 2 amide bonds. The van der Waals surface area contributed by atoms with Crippen molar-refractivity contribution in [1.82, 2.24) is 9.88 Å². The number of nitrogens with zero attached hydrogens (tertiary/aromatic N) is 1. The molecule has 0 bridgehead atoms. The number of nitrogens with one attached hydrogen (secondary N) is 2. The molecule has 0 aliphatic carbocycles. The molecule has 0 atom stereocenters. The smallest absolute Gasteiger partial charge is 0.265 e. The van der Waals surface area contributed by atoms with Crippen LogP contribution in [-0.4, -0.2) is 16.4 Å². The van der Waals surface area contributed by atoms with Gasteiger partial charge in [-0.3, -0.25) is 9.59 Å². The summed E-state index contributed by atoms with van der Waals surface area (Å²) >= 11 is 1.39. The number of thiophene rings is 1. The summed E-state index contributed by atoms with van der Waals surface area (Å²) in [4.78, 5) is 24.9. The Balaban J connectivity index is 1.59. The van der Waals surface area contributed by atoms with Gasteiger partial charge in [-0.2, -0.15) is 0 Å². The monoisotopic (exact) mass is 353 g/mol. The third-order valence-corrected chi connectivity index (χ3v) is 4.93. The third-order valence-electron chi connectivity index (χ3n) is 4.06. The second kappa shape index (κ2) is 7.36. The molecule has 0 unspecified atom stereocenters. The van der Waals surface area contributed by atoms with Crippen LogP contribution in [0, 0.1) is 6.92 Å². The zero-order valence-corrected chi connectivity index (χ0v) is 14.9. The Bertz CT molecular complexity index is 880. The van der Waals surface area contributed by atoms with E-state index in [1.54, 1.807) is 30.3 Å². The normalized spacial score (nSPS) is 10.5. The van der Waals surface area contributed by atoms with Gasteiger partial charge in [-0.15, -0.1) is 11.3 Å². The molecule has 0 saturated heterocycles. The molecule has 6 heteroatoms. The standard InChI is InChI=1S/C19H19N3O2S/c1-13-5-10-16(22(13)2)12-20-18(23)14-6-8-15(9-7-14)21-19(24)17-4-3-11-25-17/h3-11H,12H2,1-2H3,(H,20,23)(H,21,24). The molecule has 0 aliphatic heterocycles. The lowest BCUT2D eigenvalue weighted by Gasteiger charge is -2.08. The second-order valence-electron chi connectivity index (χ2n) is 5.72. The maximum Gasteiger partial charge on any atom is 0.265 e. The molecule has 2 heterocycles. The molecule has 3 rings (SSSR count). The molecular formula is C19H19N3O2S. The van der Waals surface area contributed by atoms with Gasteiger partial charge in [0.2, 0.25) is 0 Å². The van der Waals surface area contributed by atoms with Crippen molar-refractivity contribution < 1.29 is 9.59 Å². The van der Waals surface area contributed by atoms with Gasteiger partial charge < -0.3 is 15.2 Å². The van der Waals surface area contributed by atoms with Gasteiger partial charge in [0.1, 0.15) is 0 Å². The molecule has 0 fully saturated rings. The van der Waals surface area contributed by atoms with Crippen molar-refractivity contribution in [1.29, 1.82) is 0 Å². The lowest BCUT2D eigenvalue weighted by atomic mass is 10.2. The van der Waals surface area contributed by atoms with Gasteiger partial charge in [0.15, 0.2) is 0 Å². The Labute approximate surface area is 150 Å². The van der Waals surface area contributed by atoms with E-state index in [-0.39, 0.29) is 11.8 Å². The Hall–Kier alpha value is -2.86. The molecule has 0 saturated carbocycles. The summed E-state index contributed by atoms with van der Waals surface area (Å²) < 4.78 is 2.05. The van der Waals surface area contributed by atoms with Crippen LogP contribution in [0.3, 0.4) is 0 Å². The zero-order valence-electron chi connectivity index (χ0n) is 14.1. The molecule has 25 heavy (non-hydrogen) atoms. The highest BCUT2D eigenvalue weighted by Crippen LogP contribution is 2.14. The predicted octanol–water partition coefficient (Wildman–Crippen LogP) is 3.58. The van der Waals surface area contributed by atoms with Crippen LogP contribution in [0.25, 0.3) is 0 Å². The van der Waals surface area contributed by atoms with Crippen molar-refractivity contribution in [2.45, 2.75) is 13.5 Å². The molecule has 2 N–H and O–H groups in total. The van der Waals surface area contributed by atoms with Crippen LogP contribution < -0.4 is 10.6 Å². The van der Waals surface area contributed by atoms with E-state index in [1.807, 2.05) is 42.1 Å². The quantitative estimate of drug-likeness (QED) is 0.736. The van der Waals surface area contributed by atoms with Gasteiger partial charge in [0.25, 0.3) is 11.8 Å². The van der Waals surface area contributed by atoms with Crippen LogP contribution in [0.4, 0.5) is 5.69 Å². The van der Waals surface area contributed by atoms with Crippen LogP contribution in [-0.2, 0) is 13.6 Å². The van der Waals surface area contributed by atoms with Gasteiger partial charge >= 0.3 is 0 Å². The van der Waals surface area contributed by atoms with Crippen LogP contribution >= 0.6 is 11.3 Å². The molecule has 0 aliphatic rings. The Morgan fingerprint density at radius 2 is 1.80 bits per heavy atom. The first-order valence-electron chi connectivity index (χ1n) is 7.89. The fourth-order valence-corrected chi connectivity index (χ4v) is 3.04. The van der Waals surface area contributed by atoms with Gasteiger partial charge in [-0.05, 0) is 54.8 Å². The van der Waals surface area contributed by atoms with E-state index in [0.717, 1.165) is 11.4 Å². The van der Waals surface area contributed by atoms with Gasteiger partial charge in [-0.1, -0.05) is 6.07 Å². The molecule has 0 spiro atoms. The predicted molar refractivity (Wildman–Crippen MR) is 100 cm³/mol. The van der Waals surface area contributed by atoms with Crippen LogP contribution in [0.5, 0.6) is 0 Å². The lowest BCUT2D eigenvalue weighted by molar-refractivity contribution is 0.0949. The molecule has 128 valence electrons. The number of benzene rings is 1. The summed E-state index contributed by atoms with van der Waals surface area (Å²) in [5, 5.41) is 7.58. The zero-order chi connectivity index (χ0) is 17.8. The molecule has 3 aromatic rings. The van der Waals surface area contributed by atoms with Gasteiger partial charge in [-0.25, -0.2) is 0 Å². The number of aryl methyl sites for hydroxylation is 1. The number of aromatic nitrogens is 1. The minimum Gasteiger partial charge on any atom is -0.350 e. The third kappa shape index (κ3) is 3.97. The van der Waals surface area contributed by atoms with Crippen molar-refractivity contribution in [2.75, 3.05) is 5.32 Å². The minimum atomic E-state index is -0.147. The van der Waals surface area contributed by atoms with Crippen LogP contribution in [0.2, 0.25) is 0 Å². The average Bonchev–Trinajstić information content (AvgIpc) is 3.25. The first-order chi connectivity index (χ1) is 12.0. The van der Waals surface area contributed by atoms with E-state index in [1.165, 1.54) is 11.3 Å². The highest BCUT2D eigenvalue weighted by Gasteiger charge is 2.09. The van der Waals surface area contributed by atoms with Crippen LogP contribution in [0.15, 0.2) is 53.9 Å². The second-order valence-corrected chi connectivity index (χ2v) is 6.66. The summed E-state index contributed by atoms with van der Waals surface area (Å²) in [6, 6.07) is 14.5. The fourth-order valence-electron chi connectivity index (χ4n) is 2.42. The SMILES string of the molecule is Cc1ccc(CNC(=O)c2ccc(NC(=O)c3cccs3)cc2)n1C. The molecule has 1 aromatic carbocycles. The van der Waals surface area contributed by atoms with Gasteiger partial charge in [0.05, 0.1) is 11.4 Å². The Morgan fingerprint density at radius 1 is 1.04 bits per heavy atom. The summed E-state index contributed by atoms with van der Waals surface area (Å²) in [7, 11) is 1.97. The largest absolute Gasteiger partial charge is 0.350 e. The van der Waals surface area contributed by atoms with Crippen molar-refractivity contribution in [3.05, 3.63) is 75.7 Å². The Kier molecular flexibility index (Phi) is 5.00. The topological polar surface area (TPSA) is 63.1 Å². The van der Waals surface area contributed by atoms with Crippen molar-refractivity contribution in [3.63, 3.8) is 0 Å². The number of rotatable bonds is 5. The molecule has 5 nitrogen and oxygen atoms in total. The fraction of sp³-hybridized carbons (Fsp3) is 0.158. The van der Waals surface area contributed by atoms with E-state index in [4.69, 9.17) is 0 Å². The average molecular weight is 353 g/mol. The Morgan fingerprint density at radius 3 is 2.40 bits per heavy atom. The molecule has 2 aromatic heterocycles. The van der Waals surface area contributed by atoms with E-state index < -0.39 is 0 Å². The number of carbonyl (C=O) groups excluding carboxylic acids is 2. The highest BCUT2D eigenvalue weighted by atomic mass is 32.1. The number of hydrogen-bond acceptors (Lipinski definition) is 3. The number of anilines is 1. The van der Waals surface area contributed by atoms with E-state index in [9.17, 15) is 9.59 Å². The van der Waals surface area contributed by atoms with Crippen molar-refractivity contribution >= 4 is 28.8 Å². The lowest BCUT2D eigenvalue weighted by Crippen LogP contribution is -2.24. The molecular weight excluding hydrogens is 334 g/mol. The van der Waals surface area contributed by atoms with E-state index >= 15 is 0 Å². The summed E-state index contributed by atoms with van der Waals surface area (Å²) in [5.41, 5.74) is 3.41.